The Balaban J connectivity index is 1.41. The highest BCUT2D eigenvalue weighted by Crippen LogP contribution is 2.24. The Labute approximate surface area is 150 Å². The molecule has 0 radical (unpaired) electrons. The van der Waals surface area contributed by atoms with E-state index in [4.69, 9.17) is 9.47 Å². The fourth-order valence-corrected chi connectivity index (χ4v) is 4.02. The zero-order valence-electron chi connectivity index (χ0n) is 15.2. The molecule has 0 aromatic heterocycles. The summed E-state index contributed by atoms with van der Waals surface area (Å²) in [5.41, 5.74) is 1.03. The van der Waals surface area contributed by atoms with E-state index < -0.39 is 0 Å². The minimum atomic E-state index is -0.182. The lowest BCUT2D eigenvalue weighted by Crippen LogP contribution is -2.50. The number of hydrogen-bond acceptors (Lipinski definition) is 4. The fourth-order valence-electron chi connectivity index (χ4n) is 4.02. The first-order valence-corrected chi connectivity index (χ1v) is 9.45. The average Bonchev–Trinajstić information content (AvgIpc) is 2.67. The number of hydrogen-bond donors (Lipinski definition) is 0. The van der Waals surface area contributed by atoms with Gasteiger partial charge in [0.05, 0.1) is 6.61 Å². The summed E-state index contributed by atoms with van der Waals surface area (Å²) in [4.78, 5) is 16.7. The minimum absolute atomic E-state index is 0.182. The van der Waals surface area contributed by atoms with E-state index in [9.17, 15) is 4.79 Å². The van der Waals surface area contributed by atoms with Crippen LogP contribution >= 0.6 is 0 Å². The zero-order chi connectivity index (χ0) is 17.5. The molecule has 138 valence electrons. The van der Waals surface area contributed by atoms with Gasteiger partial charge in [0.2, 0.25) is 0 Å². The van der Waals surface area contributed by atoms with E-state index in [0.717, 1.165) is 44.6 Å². The maximum Gasteiger partial charge on any atom is 0.410 e. The monoisotopic (exact) mass is 346 g/mol. The number of nitrogens with zero attached hydrogens (tertiary/aromatic N) is 2. The summed E-state index contributed by atoms with van der Waals surface area (Å²) in [5, 5.41) is 0. The third kappa shape index (κ3) is 5.19. The van der Waals surface area contributed by atoms with Crippen molar-refractivity contribution in [3.63, 3.8) is 0 Å². The summed E-state index contributed by atoms with van der Waals surface area (Å²) >= 11 is 0. The van der Waals surface area contributed by atoms with Gasteiger partial charge < -0.3 is 14.4 Å². The van der Waals surface area contributed by atoms with E-state index >= 15 is 0 Å². The second-order valence-electron chi connectivity index (χ2n) is 7.22. The molecule has 3 rings (SSSR count). The molecule has 0 bridgehead atoms. The maximum atomic E-state index is 12.3. The molecule has 2 saturated heterocycles. The van der Waals surface area contributed by atoms with Crippen LogP contribution in [0.4, 0.5) is 4.79 Å². The van der Waals surface area contributed by atoms with Gasteiger partial charge in [-0.2, -0.15) is 0 Å². The van der Waals surface area contributed by atoms with Gasteiger partial charge in [-0.3, -0.25) is 4.90 Å². The van der Waals surface area contributed by atoms with Gasteiger partial charge in [0.25, 0.3) is 0 Å². The van der Waals surface area contributed by atoms with E-state index in [0.29, 0.717) is 18.6 Å². The Hall–Kier alpha value is -1.59. The van der Waals surface area contributed by atoms with Gasteiger partial charge in [0.15, 0.2) is 0 Å². The molecule has 1 aromatic rings. The molecule has 25 heavy (non-hydrogen) atoms. The van der Waals surface area contributed by atoms with Crippen molar-refractivity contribution in [1.29, 1.82) is 0 Å². The van der Waals surface area contributed by atoms with Crippen LogP contribution < -0.4 is 0 Å². The lowest BCUT2D eigenvalue weighted by molar-refractivity contribution is 0.0372. The van der Waals surface area contributed by atoms with Crippen LogP contribution in [0.5, 0.6) is 0 Å². The summed E-state index contributed by atoms with van der Waals surface area (Å²) in [6.07, 6.45) is 4.43. The summed E-state index contributed by atoms with van der Waals surface area (Å²) in [7, 11) is 1.79. The molecule has 0 unspecified atom stereocenters. The SMILES string of the molecule is COC[C@@H]1CCCN(C2CCN(C(=O)OCc3ccccc3)CC2)C1. The molecular formula is C20H30N2O3. The molecule has 2 aliphatic rings. The van der Waals surface area contributed by atoms with Gasteiger partial charge in [-0.15, -0.1) is 0 Å². The normalized spacial score (nSPS) is 22.8. The van der Waals surface area contributed by atoms with Crippen LogP contribution in [0.15, 0.2) is 30.3 Å². The van der Waals surface area contributed by atoms with Crippen molar-refractivity contribution < 1.29 is 14.3 Å². The predicted octanol–water partition coefficient (Wildman–Crippen LogP) is 3.15. The van der Waals surface area contributed by atoms with E-state index in [1.165, 1.54) is 19.4 Å². The Morgan fingerprint density at radius 2 is 1.88 bits per heavy atom. The number of carbonyl (C=O) groups excluding carboxylic acids is 1. The zero-order valence-corrected chi connectivity index (χ0v) is 15.2. The Bertz CT molecular complexity index is 527. The van der Waals surface area contributed by atoms with Crippen LogP contribution in [0.2, 0.25) is 0 Å². The first-order valence-electron chi connectivity index (χ1n) is 9.45. The number of rotatable bonds is 5. The van der Waals surface area contributed by atoms with Crippen molar-refractivity contribution in [3.05, 3.63) is 35.9 Å². The van der Waals surface area contributed by atoms with Crippen LogP contribution in [-0.2, 0) is 16.1 Å². The number of likely N-dealkylation sites (tertiary alicyclic amines) is 2. The molecule has 2 fully saturated rings. The Morgan fingerprint density at radius 3 is 2.60 bits per heavy atom. The topological polar surface area (TPSA) is 42.0 Å². The quantitative estimate of drug-likeness (QED) is 0.821. The fraction of sp³-hybridized carbons (Fsp3) is 0.650. The number of carbonyl (C=O) groups is 1. The van der Waals surface area contributed by atoms with Crippen LogP contribution in [0, 0.1) is 5.92 Å². The molecule has 2 heterocycles. The Kier molecular flexibility index (Phi) is 6.70. The van der Waals surface area contributed by atoms with Crippen LogP contribution in [0.3, 0.4) is 0 Å². The van der Waals surface area contributed by atoms with Crippen molar-refractivity contribution in [1.82, 2.24) is 9.80 Å². The highest BCUT2D eigenvalue weighted by atomic mass is 16.6. The lowest BCUT2D eigenvalue weighted by atomic mass is 9.94. The van der Waals surface area contributed by atoms with E-state index in [2.05, 4.69) is 4.90 Å². The Morgan fingerprint density at radius 1 is 1.12 bits per heavy atom. The second-order valence-corrected chi connectivity index (χ2v) is 7.22. The lowest BCUT2D eigenvalue weighted by Gasteiger charge is -2.42. The average molecular weight is 346 g/mol. The van der Waals surface area contributed by atoms with Gasteiger partial charge >= 0.3 is 6.09 Å². The molecule has 0 aliphatic carbocycles. The molecule has 1 aromatic carbocycles. The maximum absolute atomic E-state index is 12.3. The van der Waals surface area contributed by atoms with E-state index in [-0.39, 0.29) is 6.09 Å². The molecule has 5 nitrogen and oxygen atoms in total. The number of benzene rings is 1. The summed E-state index contributed by atoms with van der Waals surface area (Å²) in [6, 6.07) is 10.4. The van der Waals surface area contributed by atoms with E-state index in [1.54, 1.807) is 7.11 Å². The number of amides is 1. The molecule has 2 aliphatic heterocycles. The van der Waals surface area contributed by atoms with Crippen molar-refractivity contribution in [2.75, 3.05) is 39.9 Å². The largest absolute Gasteiger partial charge is 0.445 e. The van der Waals surface area contributed by atoms with Crippen molar-refractivity contribution in [2.45, 2.75) is 38.3 Å². The summed E-state index contributed by atoms with van der Waals surface area (Å²) in [5.74, 6) is 0.660. The molecule has 0 spiro atoms. The highest BCUT2D eigenvalue weighted by molar-refractivity contribution is 5.67. The third-order valence-electron chi connectivity index (χ3n) is 5.40. The first-order chi connectivity index (χ1) is 12.3. The first kappa shape index (κ1) is 18.2. The third-order valence-corrected chi connectivity index (χ3v) is 5.40. The van der Waals surface area contributed by atoms with Crippen LogP contribution in [-0.4, -0.2) is 61.8 Å². The molecule has 1 amide bonds. The summed E-state index contributed by atoms with van der Waals surface area (Å²) < 4.78 is 10.8. The number of piperidine rings is 2. The van der Waals surface area contributed by atoms with Gasteiger partial charge in [-0.25, -0.2) is 4.79 Å². The smallest absolute Gasteiger partial charge is 0.410 e. The number of ether oxygens (including phenoxy) is 2. The van der Waals surface area contributed by atoms with Crippen molar-refractivity contribution >= 4 is 6.09 Å². The molecule has 5 heteroatoms. The van der Waals surface area contributed by atoms with Gasteiger partial charge in [-0.1, -0.05) is 30.3 Å². The van der Waals surface area contributed by atoms with Gasteiger partial charge in [0.1, 0.15) is 6.61 Å². The minimum Gasteiger partial charge on any atom is -0.445 e. The predicted molar refractivity (Wildman–Crippen MR) is 97.4 cm³/mol. The van der Waals surface area contributed by atoms with Crippen molar-refractivity contribution in [2.24, 2.45) is 5.92 Å². The second kappa shape index (κ2) is 9.20. The van der Waals surface area contributed by atoms with Gasteiger partial charge in [0, 0.05) is 32.8 Å². The standard InChI is InChI=1S/C20H30N2O3/c1-24-15-18-8-5-11-22(14-18)19-9-12-21(13-10-19)20(23)25-16-17-6-3-2-4-7-17/h2-4,6-7,18-19H,5,8-16H2,1H3/t18-/m1/s1. The van der Waals surface area contributed by atoms with Gasteiger partial charge in [-0.05, 0) is 43.7 Å². The van der Waals surface area contributed by atoms with Crippen molar-refractivity contribution in [3.8, 4) is 0 Å². The van der Waals surface area contributed by atoms with E-state index in [1.807, 2.05) is 35.2 Å². The molecule has 0 N–H and O–H groups in total. The molecular weight excluding hydrogens is 316 g/mol. The summed E-state index contributed by atoms with van der Waals surface area (Å²) in [6.45, 7) is 5.12. The van der Waals surface area contributed by atoms with Crippen LogP contribution in [0.25, 0.3) is 0 Å². The van der Waals surface area contributed by atoms with Crippen LogP contribution in [0.1, 0.15) is 31.2 Å². The molecule has 1 atom stereocenters. The molecule has 0 saturated carbocycles. The highest BCUT2D eigenvalue weighted by Gasteiger charge is 2.30. The number of methoxy groups -OCH3 is 1.